The summed E-state index contributed by atoms with van der Waals surface area (Å²) < 4.78 is 26.3. The highest BCUT2D eigenvalue weighted by Gasteiger charge is 2.22. The van der Waals surface area contributed by atoms with E-state index in [-0.39, 0.29) is 16.4 Å². The van der Waals surface area contributed by atoms with Crippen molar-refractivity contribution < 1.29 is 18.0 Å². The minimum absolute atomic E-state index is 0.00358. The van der Waals surface area contributed by atoms with E-state index in [1.54, 1.807) is 25.1 Å². The van der Waals surface area contributed by atoms with Crippen LogP contribution in [0.25, 0.3) is 0 Å². The van der Waals surface area contributed by atoms with Crippen LogP contribution in [0.5, 0.6) is 0 Å². The van der Waals surface area contributed by atoms with Crippen LogP contribution in [-0.4, -0.2) is 38.6 Å². The molecule has 2 amide bonds. The van der Waals surface area contributed by atoms with E-state index in [1.807, 2.05) is 0 Å². The second-order valence-corrected chi connectivity index (χ2v) is 9.02. The molecule has 0 atom stereocenters. The Labute approximate surface area is 166 Å². The monoisotopic (exact) mass is 453 g/mol. The average molecular weight is 454 g/mol. The molecule has 27 heavy (non-hydrogen) atoms. The summed E-state index contributed by atoms with van der Waals surface area (Å²) >= 11 is 3.22. The summed E-state index contributed by atoms with van der Waals surface area (Å²) in [5.41, 5.74) is 2.00. The second kappa shape index (κ2) is 8.20. The number of halogens is 1. The zero-order valence-corrected chi connectivity index (χ0v) is 17.7. The molecule has 0 aliphatic heterocycles. The quantitative estimate of drug-likeness (QED) is 0.726. The van der Waals surface area contributed by atoms with Gasteiger partial charge in [0.15, 0.2) is 0 Å². The molecule has 0 aliphatic rings. The van der Waals surface area contributed by atoms with Crippen molar-refractivity contribution in [2.45, 2.75) is 18.7 Å². The fraction of sp³-hybridized carbons (Fsp3) is 0.222. The Morgan fingerprint density at radius 1 is 1.04 bits per heavy atom. The number of benzene rings is 2. The highest BCUT2D eigenvalue weighted by atomic mass is 79.9. The molecule has 144 valence electrons. The van der Waals surface area contributed by atoms with Crippen molar-refractivity contribution in [3.8, 4) is 0 Å². The Hall–Kier alpha value is -2.23. The zero-order chi connectivity index (χ0) is 20.4. The Bertz CT molecular complexity index is 1000. The van der Waals surface area contributed by atoms with E-state index in [1.165, 1.54) is 39.2 Å². The van der Waals surface area contributed by atoms with E-state index in [9.17, 15) is 18.0 Å². The predicted molar refractivity (Wildman–Crippen MR) is 108 cm³/mol. The third-order valence-electron chi connectivity index (χ3n) is 3.84. The summed E-state index contributed by atoms with van der Waals surface area (Å²) in [6.07, 6.45) is 0. The van der Waals surface area contributed by atoms with E-state index in [4.69, 9.17) is 0 Å². The van der Waals surface area contributed by atoms with Gasteiger partial charge in [-0.15, -0.1) is 0 Å². The van der Waals surface area contributed by atoms with E-state index < -0.39 is 15.9 Å². The lowest BCUT2D eigenvalue weighted by molar-refractivity contribution is -0.114. The van der Waals surface area contributed by atoms with Crippen LogP contribution in [0.3, 0.4) is 0 Å². The number of sulfonamides is 1. The zero-order valence-electron chi connectivity index (χ0n) is 15.3. The fourth-order valence-corrected chi connectivity index (χ4v) is 4.17. The van der Waals surface area contributed by atoms with Crippen LogP contribution in [0.2, 0.25) is 0 Å². The summed E-state index contributed by atoms with van der Waals surface area (Å²) in [6, 6.07) is 9.51. The number of hydrogen-bond donors (Lipinski definition) is 2. The highest BCUT2D eigenvalue weighted by Crippen LogP contribution is 2.27. The summed E-state index contributed by atoms with van der Waals surface area (Å²) in [7, 11) is -0.862. The topological polar surface area (TPSA) is 95.6 Å². The van der Waals surface area contributed by atoms with E-state index in [0.717, 1.165) is 4.31 Å². The number of carbonyl (C=O) groups excluding carboxylic acids is 2. The average Bonchev–Trinajstić information content (AvgIpc) is 2.58. The molecular weight excluding hydrogens is 434 g/mol. The summed E-state index contributed by atoms with van der Waals surface area (Å²) in [4.78, 5) is 23.9. The summed E-state index contributed by atoms with van der Waals surface area (Å²) in [5, 5.41) is 5.45. The second-order valence-electron chi connectivity index (χ2n) is 6.05. The first kappa shape index (κ1) is 21.1. The van der Waals surface area contributed by atoms with Crippen LogP contribution >= 0.6 is 15.9 Å². The molecule has 2 aromatic rings. The van der Waals surface area contributed by atoms with Gasteiger partial charge in [-0.05, 0) is 58.7 Å². The van der Waals surface area contributed by atoms with E-state index in [0.29, 0.717) is 21.4 Å². The lowest BCUT2D eigenvalue weighted by Gasteiger charge is -2.15. The maximum absolute atomic E-state index is 12.6. The van der Waals surface area contributed by atoms with Gasteiger partial charge in [-0.25, -0.2) is 12.7 Å². The number of hydrogen-bond acceptors (Lipinski definition) is 4. The van der Waals surface area contributed by atoms with Crippen LogP contribution in [-0.2, 0) is 14.8 Å². The molecule has 2 N–H and O–H groups in total. The minimum atomic E-state index is -3.71. The Morgan fingerprint density at radius 3 is 2.19 bits per heavy atom. The molecule has 9 heteroatoms. The van der Waals surface area contributed by atoms with Gasteiger partial charge in [0.1, 0.15) is 0 Å². The molecule has 0 saturated heterocycles. The van der Waals surface area contributed by atoms with Gasteiger partial charge in [0.05, 0.1) is 4.90 Å². The first-order chi connectivity index (χ1) is 12.5. The normalized spacial score (nSPS) is 11.3. The SMILES string of the molecule is CC(=O)Nc1cccc(NC(=O)c2ccc(Br)c(S(=O)(=O)N(C)C)c2)c1C. The van der Waals surface area contributed by atoms with Crippen molar-refractivity contribution in [1.82, 2.24) is 4.31 Å². The van der Waals surface area contributed by atoms with Gasteiger partial charge in [-0.1, -0.05) is 6.07 Å². The van der Waals surface area contributed by atoms with Gasteiger partial charge in [0, 0.05) is 42.4 Å². The number of nitrogens with zero attached hydrogens (tertiary/aromatic N) is 1. The predicted octanol–water partition coefficient (Wildman–Crippen LogP) is 3.22. The first-order valence-electron chi connectivity index (χ1n) is 7.94. The molecule has 0 bridgehead atoms. The van der Waals surface area contributed by atoms with Crippen LogP contribution in [0, 0.1) is 6.92 Å². The molecule has 0 heterocycles. The number of nitrogens with one attached hydrogen (secondary N) is 2. The van der Waals surface area contributed by atoms with Crippen molar-refractivity contribution in [3.05, 3.63) is 52.0 Å². The van der Waals surface area contributed by atoms with Crippen molar-refractivity contribution >= 4 is 49.1 Å². The molecule has 2 rings (SSSR count). The van der Waals surface area contributed by atoms with Gasteiger partial charge in [-0.2, -0.15) is 0 Å². The molecule has 0 aromatic heterocycles. The van der Waals surface area contributed by atoms with Gasteiger partial charge in [0.25, 0.3) is 5.91 Å². The molecule has 0 spiro atoms. The maximum atomic E-state index is 12.6. The minimum Gasteiger partial charge on any atom is -0.326 e. The Balaban J connectivity index is 2.37. The first-order valence-corrected chi connectivity index (χ1v) is 10.2. The van der Waals surface area contributed by atoms with Crippen molar-refractivity contribution in [2.24, 2.45) is 0 Å². The molecule has 0 saturated carbocycles. The Morgan fingerprint density at radius 2 is 1.63 bits per heavy atom. The molecule has 0 unspecified atom stereocenters. The number of carbonyl (C=O) groups is 2. The van der Waals surface area contributed by atoms with Gasteiger partial charge in [-0.3, -0.25) is 9.59 Å². The third-order valence-corrected chi connectivity index (χ3v) is 6.65. The van der Waals surface area contributed by atoms with Gasteiger partial charge in [0.2, 0.25) is 15.9 Å². The van der Waals surface area contributed by atoms with Crippen LogP contribution in [0.1, 0.15) is 22.8 Å². The summed E-state index contributed by atoms with van der Waals surface area (Å²) in [5.74, 6) is -0.672. The third kappa shape index (κ3) is 4.74. The number of amides is 2. The van der Waals surface area contributed by atoms with Crippen molar-refractivity contribution in [3.63, 3.8) is 0 Å². The molecule has 0 radical (unpaired) electrons. The van der Waals surface area contributed by atoms with Crippen molar-refractivity contribution in [1.29, 1.82) is 0 Å². The highest BCUT2D eigenvalue weighted by molar-refractivity contribution is 9.10. The largest absolute Gasteiger partial charge is 0.326 e. The molecule has 0 fully saturated rings. The molecule has 2 aromatic carbocycles. The standard InChI is InChI=1S/C18H20BrN3O4S/c1-11-15(20-12(2)23)6-5-7-16(11)21-18(24)13-8-9-14(19)17(10-13)27(25,26)22(3)4/h5-10H,1-4H3,(H,20,23)(H,21,24). The molecule has 7 nitrogen and oxygen atoms in total. The lowest BCUT2D eigenvalue weighted by atomic mass is 10.1. The van der Waals surface area contributed by atoms with Crippen LogP contribution in [0.15, 0.2) is 45.8 Å². The Kier molecular flexibility index (Phi) is 6.40. The summed E-state index contributed by atoms with van der Waals surface area (Å²) in [6.45, 7) is 3.17. The van der Waals surface area contributed by atoms with E-state index >= 15 is 0 Å². The van der Waals surface area contributed by atoms with E-state index in [2.05, 4.69) is 26.6 Å². The smallest absolute Gasteiger partial charge is 0.255 e. The van der Waals surface area contributed by atoms with Gasteiger partial charge < -0.3 is 10.6 Å². The van der Waals surface area contributed by atoms with Crippen LogP contribution in [0.4, 0.5) is 11.4 Å². The number of anilines is 2. The fourth-order valence-electron chi connectivity index (χ4n) is 2.33. The number of rotatable bonds is 5. The van der Waals surface area contributed by atoms with Crippen LogP contribution < -0.4 is 10.6 Å². The van der Waals surface area contributed by atoms with Crippen molar-refractivity contribution in [2.75, 3.05) is 24.7 Å². The molecule has 0 aliphatic carbocycles. The maximum Gasteiger partial charge on any atom is 0.255 e. The molecular formula is C18H20BrN3O4S. The van der Waals surface area contributed by atoms with Gasteiger partial charge >= 0.3 is 0 Å². The lowest BCUT2D eigenvalue weighted by Crippen LogP contribution is -2.23.